The minimum atomic E-state index is -0.671. The summed E-state index contributed by atoms with van der Waals surface area (Å²) in [4.78, 5) is 4.94. The van der Waals surface area contributed by atoms with Crippen molar-refractivity contribution in [1.29, 1.82) is 0 Å². The second-order valence-electron chi connectivity index (χ2n) is 23.0. The number of fused-ring (bicyclic) bond motifs is 17. The number of benzene rings is 15. The fourth-order valence-corrected chi connectivity index (χ4v) is 14.7. The van der Waals surface area contributed by atoms with E-state index < -0.39 is 5.41 Å². The molecular formula is C85H56N2. The number of hydrogen-bond donors (Lipinski definition) is 0. The first kappa shape index (κ1) is 50.2. The van der Waals surface area contributed by atoms with Crippen LogP contribution in [0.15, 0.2) is 340 Å². The lowest BCUT2D eigenvalue weighted by atomic mass is 9.68. The first-order valence-electron chi connectivity index (χ1n) is 30.2. The summed E-state index contributed by atoms with van der Waals surface area (Å²) in [5.74, 6) is 0. The monoisotopic (exact) mass is 1100 g/mol. The molecule has 0 radical (unpaired) electrons. The number of nitrogens with zero attached hydrogens (tertiary/aromatic N) is 2. The van der Waals surface area contributed by atoms with Crippen molar-refractivity contribution in [2.75, 3.05) is 9.80 Å². The summed E-state index contributed by atoms with van der Waals surface area (Å²) in [5, 5.41) is 7.36. The molecule has 0 aliphatic heterocycles. The van der Waals surface area contributed by atoms with E-state index in [4.69, 9.17) is 0 Å². The van der Waals surface area contributed by atoms with Gasteiger partial charge in [0.2, 0.25) is 0 Å². The zero-order chi connectivity index (χ0) is 57.4. The first-order chi connectivity index (χ1) is 43.2. The highest BCUT2D eigenvalue weighted by Gasteiger charge is 2.54. The van der Waals surface area contributed by atoms with Gasteiger partial charge in [0.05, 0.1) is 16.8 Å². The molecule has 2 heteroatoms. The summed E-state index contributed by atoms with van der Waals surface area (Å²) < 4.78 is 0. The summed E-state index contributed by atoms with van der Waals surface area (Å²) >= 11 is 0. The fourth-order valence-electron chi connectivity index (χ4n) is 14.7. The van der Waals surface area contributed by atoms with Crippen LogP contribution >= 0.6 is 0 Å². The van der Waals surface area contributed by atoms with Gasteiger partial charge in [-0.05, 0) is 171 Å². The Bertz CT molecular complexity index is 5090. The molecule has 1 spiro atoms. The van der Waals surface area contributed by atoms with E-state index in [1.54, 1.807) is 0 Å². The van der Waals surface area contributed by atoms with Gasteiger partial charge in [0, 0.05) is 33.9 Å². The fraction of sp³-hybridized carbons (Fsp3) is 0.0118. The Labute approximate surface area is 507 Å². The summed E-state index contributed by atoms with van der Waals surface area (Å²) in [6.45, 7) is 0. The normalized spacial score (nSPS) is 12.5. The lowest BCUT2D eigenvalue weighted by Gasteiger charge is -2.33. The van der Waals surface area contributed by atoms with Crippen molar-refractivity contribution in [2.24, 2.45) is 0 Å². The van der Waals surface area contributed by atoms with Gasteiger partial charge in [0.1, 0.15) is 0 Å². The van der Waals surface area contributed by atoms with Crippen molar-refractivity contribution in [2.45, 2.75) is 5.41 Å². The number of anilines is 6. The third kappa shape index (κ3) is 7.96. The maximum Gasteiger partial charge on any atom is 0.0737 e. The van der Waals surface area contributed by atoms with Crippen LogP contribution in [0.25, 0.3) is 99.1 Å². The Hall–Kier alpha value is -11.3. The number of hydrogen-bond acceptors (Lipinski definition) is 2. The molecular weight excluding hydrogens is 1050 g/mol. The molecule has 406 valence electrons. The summed E-state index contributed by atoms with van der Waals surface area (Å²) in [6.07, 6.45) is 0. The second-order valence-corrected chi connectivity index (χ2v) is 23.0. The molecule has 17 rings (SSSR count). The summed E-state index contributed by atoms with van der Waals surface area (Å²) in [5.41, 5.74) is 25.7. The molecule has 0 amide bonds. The maximum atomic E-state index is 2.48. The summed E-state index contributed by atoms with van der Waals surface area (Å²) in [7, 11) is 0. The van der Waals surface area contributed by atoms with Crippen molar-refractivity contribution < 1.29 is 0 Å². The van der Waals surface area contributed by atoms with E-state index in [1.165, 1.54) is 93.5 Å². The van der Waals surface area contributed by atoms with Crippen LogP contribution in [0.5, 0.6) is 0 Å². The Morgan fingerprint density at radius 1 is 0.207 bits per heavy atom. The predicted octanol–water partition coefficient (Wildman–Crippen LogP) is 23.1. The summed E-state index contributed by atoms with van der Waals surface area (Å²) in [6, 6.07) is 126. The average Bonchev–Trinajstić information content (AvgIpc) is 1.50. The average molecular weight is 1110 g/mol. The van der Waals surface area contributed by atoms with E-state index in [-0.39, 0.29) is 0 Å². The number of rotatable bonds is 10. The van der Waals surface area contributed by atoms with Crippen LogP contribution in [0.2, 0.25) is 0 Å². The molecule has 0 fully saturated rings. The zero-order valence-corrected chi connectivity index (χ0v) is 47.7. The van der Waals surface area contributed by atoms with Crippen LogP contribution in [0, 0.1) is 0 Å². The molecule has 0 bridgehead atoms. The van der Waals surface area contributed by atoms with Crippen LogP contribution in [-0.2, 0) is 5.41 Å². The molecule has 0 atom stereocenters. The Morgan fingerprint density at radius 2 is 0.621 bits per heavy atom. The zero-order valence-electron chi connectivity index (χ0n) is 47.7. The number of para-hydroxylation sites is 2. The molecule has 0 aromatic heterocycles. The quantitative estimate of drug-likeness (QED) is 0.126. The minimum Gasteiger partial charge on any atom is -0.310 e. The van der Waals surface area contributed by atoms with Crippen molar-refractivity contribution in [3.8, 4) is 66.8 Å². The van der Waals surface area contributed by atoms with Crippen LogP contribution in [-0.4, -0.2) is 0 Å². The van der Waals surface area contributed by atoms with Crippen LogP contribution < -0.4 is 9.80 Å². The second kappa shape index (κ2) is 20.5. The molecule has 0 unspecified atom stereocenters. The lowest BCUT2D eigenvalue weighted by molar-refractivity contribution is 0.809. The van der Waals surface area contributed by atoms with E-state index in [2.05, 4.69) is 350 Å². The van der Waals surface area contributed by atoms with E-state index in [0.717, 1.165) is 61.9 Å². The molecule has 0 heterocycles. The van der Waals surface area contributed by atoms with Crippen molar-refractivity contribution in [3.63, 3.8) is 0 Å². The van der Waals surface area contributed by atoms with Gasteiger partial charge < -0.3 is 9.80 Å². The van der Waals surface area contributed by atoms with E-state index in [0.29, 0.717) is 0 Å². The maximum absolute atomic E-state index is 2.48. The predicted molar refractivity (Wildman–Crippen MR) is 366 cm³/mol. The molecule has 0 saturated heterocycles. The smallest absolute Gasteiger partial charge is 0.0737 e. The SMILES string of the molecule is c1ccc(-c2ccc(-c3ccccc3)c(N(c3ccccc3)c3ccc4c5c(ccc4c3)-c3c(c4ccc(N(c6ccccc6)c6cc(-c7ccccc7)ccc6-c6ccccc6)cc4c4ccccc34)C53c4ccccc4-c4ccccc43)c2)cc1. The van der Waals surface area contributed by atoms with Crippen LogP contribution in [0.3, 0.4) is 0 Å². The van der Waals surface area contributed by atoms with Crippen molar-refractivity contribution in [3.05, 3.63) is 362 Å². The standard InChI is InChI=1S/C85H56N2/c1-7-25-57(26-8-1)61-43-48-68(59-29-11-3-12-30-59)80(54-61)86(64-33-15-5-16-34-64)66-46-51-70-63(53-66)45-50-76-82-74-40-20-19-37-71(74)77-56-67(47-52-75(77)84(82)85(83(70)76)78-41-23-21-38-72(78)73-39-22-24-42-79(73)85)87(65-35-17-6-18-36-65)81-55-62(58-27-9-2-10-28-58)44-49-69(81)60-31-13-4-14-32-60/h1-56H. The van der Waals surface area contributed by atoms with Crippen molar-refractivity contribution in [1.82, 2.24) is 0 Å². The van der Waals surface area contributed by atoms with Gasteiger partial charge in [-0.3, -0.25) is 0 Å². The minimum absolute atomic E-state index is 0.671. The van der Waals surface area contributed by atoms with Gasteiger partial charge in [0.15, 0.2) is 0 Å². The molecule has 15 aromatic carbocycles. The van der Waals surface area contributed by atoms with Gasteiger partial charge in [-0.1, -0.05) is 279 Å². The molecule has 2 aliphatic rings. The van der Waals surface area contributed by atoms with E-state index in [9.17, 15) is 0 Å². The molecule has 0 saturated carbocycles. The first-order valence-corrected chi connectivity index (χ1v) is 30.2. The largest absolute Gasteiger partial charge is 0.310 e. The van der Waals surface area contributed by atoms with Gasteiger partial charge in [-0.15, -0.1) is 0 Å². The third-order valence-corrected chi connectivity index (χ3v) is 18.4. The molecule has 2 nitrogen and oxygen atoms in total. The van der Waals surface area contributed by atoms with Crippen LogP contribution in [0.1, 0.15) is 22.3 Å². The molecule has 87 heavy (non-hydrogen) atoms. The highest BCUT2D eigenvalue weighted by molar-refractivity contribution is 6.22. The van der Waals surface area contributed by atoms with Gasteiger partial charge >= 0.3 is 0 Å². The molecule has 15 aromatic rings. The molecule has 2 aliphatic carbocycles. The molecule has 0 N–H and O–H groups in total. The highest BCUT2D eigenvalue weighted by Crippen LogP contribution is 2.67. The van der Waals surface area contributed by atoms with E-state index >= 15 is 0 Å². The third-order valence-electron chi connectivity index (χ3n) is 18.4. The van der Waals surface area contributed by atoms with Crippen molar-refractivity contribution >= 4 is 66.4 Å². The lowest BCUT2D eigenvalue weighted by Crippen LogP contribution is -2.26. The van der Waals surface area contributed by atoms with Crippen LogP contribution in [0.4, 0.5) is 34.1 Å². The highest BCUT2D eigenvalue weighted by atomic mass is 15.2. The topological polar surface area (TPSA) is 6.48 Å². The Kier molecular flexibility index (Phi) is 11.8. The van der Waals surface area contributed by atoms with Gasteiger partial charge in [-0.25, -0.2) is 0 Å². The van der Waals surface area contributed by atoms with Gasteiger partial charge in [-0.2, -0.15) is 0 Å². The van der Waals surface area contributed by atoms with E-state index in [1.807, 2.05) is 0 Å². The Balaban J connectivity index is 0.925. The van der Waals surface area contributed by atoms with Gasteiger partial charge in [0.25, 0.3) is 0 Å². The Morgan fingerprint density at radius 3 is 1.14 bits per heavy atom.